The summed E-state index contributed by atoms with van der Waals surface area (Å²) in [6.45, 7) is 1.15. The van der Waals surface area contributed by atoms with Crippen LogP contribution in [0, 0.1) is 5.82 Å². The van der Waals surface area contributed by atoms with Gasteiger partial charge in [0, 0.05) is 17.9 Å². The van der Waals surface area contributed by atoms with Gasteiger partial charge in [0.05, 0.1) is 12.6 Å². The van der Waals surface area contributed by atoms with E-state index in [1.165, 1.54) is 18.2 Å². The molecule has 7 heteroatoms. The third-order valence-electron chi connectivity index (χ3n) is 2.75. The lowest BCUT2D eigenvalue weighted by molar-refractivity contribution is 0.189. The van der Waals surface area contributed by atoms with Gasteiger partial charge in [-0.2, -0.15) is 0 Å². The van der Waals surface area contributed by atoms with Crippen molar-refractivity contribution in [1.82, 2.24) is 5.32 Å². The molecule has 1 atom stereocenters. The smallest absolute Gasteiger partial charge is 0.319 e. The third kappa shape index (κ3) is 3.62. The van der Waals surface area contributed by atoms with Crippen LogP contribution in [0.2, 0.25) is 0 Å². The van der Waals surface area contributed by atoms with E-state index in [-0.39, 0.29) is 22.6 Å². The van der Waals surface area contributed by atoms with Crippen LogP contribution in [-0.2, 0) is 4.74 Å². The van der Waals surface area contributed by atoms with Crippen LogP contribution in [0.15, 0.2) is 18.2 Å². The summed E-state index contributed by atoms with van der Waals surface area (Å²) >= 11 is 4.73. The van der Waals surface area contributed by atoms with E-state index in [1.54, 1.807) is 0 Å². The molecule has 0 spiro atoms. The highest BCUT2D eigenvalue weighted by Crippen LogP contribution is 2.15. The summed E-state index contributed by atoms with van der Waals surface area (Å²) in [5.74, 6) is -0.511. The second-order valence-corrected chi connectivity index (χ2v) is 4.66. The number of carbonyl (C=O) groups excluding carboxylic acids is 1. The van der Waals surface area contributed by atoms with Crippen LogP contribution in [0.25, 0.3) is 0 Å². The van der Waals surface area contributed by atoms with E-state index in [0.717, 1.165) is 6.42 Å². The maximum atomic E-state index is 13.4. The highest BCUT2D eigenvalue weighted by molar-refractivity contribution is 7.80. The number of benzene rings is 1. The van der Waals surface area contributed by atoms with Crippen LogP contribution in [0.3, 0.4) is 0 Å². The lowest BCUT2D eigenvalue weighted by atomic mass is 10.2. The number of nitrogens with one attached hydrogen (secondary N) is 2. The van der Waals surface area contributed by atoms with Crippen molar-refractivity contribution in [2.75, 3.05) is 18.5 Å². The van der Waals surface area contributed by atoms with Gasteiger partial charge in [0.25, 0.3) is 0 Å². The first-order valence-electron chi connectivity index (χ1n) is 5.81. The summed E-state index contributed by atoms with van der Waals surface area (Å²) in [7, 11) is 0. The van der Waals surface area contributed by atoms with Gasteiger partial charge in [0.15, 0.2) is 0 Å². The van der Waals surface area contributed by atoms with E-state index in [9.17, 15) is 9.18 Å². The van der Waals surface area contributed by atoms with Crippen molar-refractivity contribution in [1.29, 1.82) is 0 Å². The Kier molecular flexibility index (Phi) is 4.28. The predicted octanol–water partition coefficient (Wildman–Crippen LogP) is 1.37. The Morgan fingerprint density at radius 3 is 2.95 bits per heavy atom. The number of hydrogen-bond donors (Lipinski definition) is 3. The van der Waals surface area contributed by atoms with Crippen molar-refractivity contribution in [3.05, 3.63) is 29.6 Å². The van der Waals surface area contributed by atoms with Gasteiger partial charge in [-0.05, 0) is 24.6 Å². The number of urea groups is 1. The summed E-state index contributed by atoms with van der Waals surface area (Å²) in [5.41, 5.74) is 5.93. The fourth-order valence-electron chi connectivity index (χ4n) is 1.79. The molecular formula is C12H14FN3O2S. The second kappa shape index (κ2) is 5.94. The van der Waals surface area contributed by atoms with Crippen molar-refractivity contribution in [3.8, 4) is 0 Å². The fourth-order valence-corrected chi connectivity index (χ4v) is 1.95. The van der Waals surface area contributed by atoms with Crippen molar-refractivity contribution in [2.45, 2.75) is 12.5 Å². The minimum Gasteiger partial charge on any atom is -0.389 e. The zero-order valence-corrected chi connectivity index (χ0v) is 10.9. The largest absolute Gasteiger partial charge is 0.389 e. The van der Waals surface area contributed by atoms with Crippen molar-refractivity contribution >= 4 is 28.9 Å². The molecule has 4 N–H and O–H groups in total. The standard InChI is InChI=1S/C12H14FN3O2S/c13-10-2-1-7(5-9(10)11(14)19)15-12(17)16-8-3-4-18-6-8/h1-2,5,8H,3-4,6H2,(H2,14,19)(H2,15,16,17). The third-order valence-corrected chi connectivity index (χ3v) is 2.97. The van der Waals surface area contributed by atoms with E-state index in [1.807, 2.05) is 0 Å². The molecule has 0 bridgehead atoms. The average Bonchev–Trinajstić information content (AvgIpc) is 2.84. The monoisotopic (exact) mass is 283 g/mol. The molecule has 19 heavy (non-hydrogen) atoms. The number of amides is 2. The molecule has 1 aliphatic rings. The summed E-state index contributed by atoms with van der Waals surface area (Å²) < 4.78 is 18.5. The molecule has 1 fully saturated rings. The maximum Gasteiger partial charge on any atom is 0.319 e. The lowest BCUT2D eigenvalue weighted by Gasteiger charge is -2.12. The second-order valence-electron chi connectivity index (χ2n) is 4.22. The van der Waals surface area contributed by atoms with Gasteiger partial charge in [0.2, 0.25) is 0 Å². The molecule has 1 aromatic rings. The molecule has 2 amide bonds. The van der Waals surface area contributed by atoms with Gasteiger partial charge >= 0.3 is 6.03 Å². The first-order valence-corrected chi connectivity index (χ1v) is 6.21. The highest BCUT2D eigenvalue weighted by atomic mass is 32.1. The number of hydrogen-bond acceptors (Lipinski definition) is 3. The van der Waals surface area contributed by atoms with E-state index in [2.05, 4.69) is 10.6 Å². The molecule has 0 aliphatic carbocycles. The number of thiocarbonyl (C=S) groups is 1. The Bertz CT molecular complexity index is 504. The Balaban J connectivity index is 2.00. The number of carbonyl (C=O) groups is 1. The van der Waals surface area contributed by atoms with Crippen LogP contribution in [0.1, 0.15) is 12.0 Å². The number of halogens is 1. The Hall–Kier alpha value is -1.73. The summed E-state index contributed by atoms with van der Waals surface area (Å²) in [5, 5.41) is 5.36. The van der Waals surface area contributed by atoms with Crippen molar-refractivity contribution < 1.29 is 13.9 Å². The predicted molar refractivity (Wildman–Crippen MR) is 73.7 cm³/mol. The molecular weight excluding hydrogens is 269 g/mol. The average molecular weight is 283 g/mol. The minimum atomic E-state index is -0.511. The number of anilines is 1. The zero-order valence-electron chi connectivity index (χ0n) is 10.1. The summed E-state index contributed by atoms with van der Waals surface area (Å²) in [6, 6.07) is 3.71. The molecule has 1 aliphatic heterocycles. The van der Waals surface area contributed by atoms with Crippen LogP contribution >= 0.6 is 12.2 Å². The van der Waals surface area contributed by atoms with Gasteiger partial charge in [0.1, 0.15) is 10.8 Å². The fraction of sp³-hybridized carbons (Fsp3) is 0.333. The molecule has 0 aromatic heterocycles. The number of nitrogens with two attached hydrogens (primary N) is 1. The SMILES string of the molecule is NC(=S)c1cc(NC(=O)NC2CCOC2)ccc1F. The Morgan fingerprint density at radius 2 is 2.32 bits per heavy atom. The summed E-state index contributed by atoms with van der Waals surface area (Å²) in [4.78, 5) is 11.6. The zero-order chi connectivity index (χ0) is 13.8. The molecule has 1 aromatic carbocycles. The molecule has 0 saturated carbocycles. The van der Waals surface area contributed by atoms with Gasteiger partial charge in [-0.1, -0.05) is 12.2 Å². The maximum absolute atomic E-state index is 13.4. The lowest BCUT2D eigenvalue weighted by Crippen LogP contribution is -2.38. The van der Waals surface area contributed by atoms with Crippen molar-refractivity contribution in [3.63, 3.8) is 0 Å². The molecule has 2 rings (SSSR count). The van der Waals surface area contributed by atoms with Crippen molar-refractivity contribution in [2.24, 2.45) is 5.73 Å². The first-order chi connectivity index (χ1) is 9.06. The Labute approximate surface area is 115 Å². The van der Waals surface area contributed by atoms with Gasteiger partial charge in [-0.25, -0.2) is 9.18 Å². The highest BCUT2D eigenvalue weighted by Gasteiger charge is 2.17. The minimum absolute atomic E-state index is 0.00973. The number of ether oxygens (including phenoxy) is 1. The molecule has 5 nitrogen and oxygen atoms in total. The number of rotatable bonds is 3. The van der Waals surface area contributed by atoms with Gasteiger partial charge < -0.3 is 21.1 Å². The van der Waals surface area contributed by atoms with E-state index in [0.29, 0.717) is 18.9 Å². The van der Waals surface area contributed by atoms with E-state index < -0.39 is 5.82 Å². The van der Waals surface area contributed by atoms with E-state index >= 15 is 0 Å². The molecule has 1 saturated heterocycles. The van der Waals surface area contributed by atoms with Crippen LogP contribution in [0.4, 0.5) is 14.9 Å². The molecule has 1 unspecified atom stereocenters. The topological polar surface area (TPSA) is 76.4 Å². The van der Waals surface area contributed by atoms with Crippen LogP contribution < -0.4 is 16.4 Å². The van der Waals surface area contributed by atoms with Gasteiger partial charge in [-0.15, -0.1) is 0 Å². The first kappa shape index (κ1) is 13.7. The molecule has 102 valence electrons. The quantitative estimate of drug-likeness (QED) is 0.732. The molecule has 1 heterocycles. The van der Waals surface area contributed by atoms with Gasteiger partial charge in [-0.3, -0.25) is 0 Å². The normalized spacial score (nSPS) is 18.1. The van der Waals surface area contributed by atoms with E-state index in [4.69, 9.17) is 22.7 Å². The summed E-state index contributed by atoms with van der Waals surface area (Å²) in [6.07, 6.45) is 0.787. The Morgan fingerprint density at radius 1 is 1.53 bits per heavy atom. The molecule has 0 radical (unpaired) electrons. The van der Waals surface area contributed by atoms with Crippen LogP contribution in [-0.4, -0.2) is 30.3 Å². The van der Waals surface area contributed by atoms with Crippen LogP contribution in [0.5, 0.6) is 0 Å².